The van der Waals surface area contributed by atoms with E-state index in [9.17, 15) is 15.2 Å². The lowest BCUT2D eigenvalue weighted by atomic mass is 10.1. The Labute approximate surface area is 119 Å². The number of benzene rings is 1. The number of rotatable bonds is 8. The maximum absolute atomic E-state index is 10.7. The molecule has 1 unspecified atom stereocenters. The van der Waals surface area contributed by atoms with Crippen LogP contribution in [0.4, 0.5) is 5.69 Å². The molecule has 0 aliphatic heterocycles. The van der Waals surface area contributed by atoms with Crippen molar-refractivity contribution in [3.63, 3.8) is 0 Å². The molecule has 6 heteroatoms. The molecule has 112 valence electrons. The van der Waals surface area contributed by atoms with E-state index in [-0.39, 0.29) is 5.69 Å². The summed E-state index contributed by atoms with van der Waals surface area (Å²) >= 11 is 0. The molecular weight excluding hydrogens is 260 g/mol. The number of nitro benzene ring substituents is 1. The van der Waals surface area contributed by atoms with Crippen molar-refractivity contribution in [1.29, 1.82) is 0 Å². The van der Waals surface area contributed by atoms with Gasteiger partial charge in [0.1, 0.15) is 12.4 Å². The van der Waals surface area contributed by atoms with Crippen LogP contribution >= 0.6 is 0 Å². The Balaban J connectivity index is 2.76. The molecule has 0 aromatic heterocycles. The zero-order valence-electron chi connectivity index (χ0n) is 12.2. The molecule has 6 nitrogen and oxygen atoms in total. The van der Waals surface area contributed by atoms with Crippen LogP contribution in [-0.2, 0) is 0 Å². The summed E-state index contributed by atoms with van der Waals surface area (Å²) in [6, 6.07) is 4.29. The first-order valence-electron chi connectivity index (χ1n) is 6.81. The predicted molar refractivity (Wildman–Crippen MR) is 77.0 cm³/mol. The van der Waals surface area contributed by atoms with Gasteiger partial charge in [0.05, 0.1) is 11.0 Å². The summed E-state index contributed by atoms with van der Waals surface area (Å²) in [5, 5.41) is 20.4. The van der Waals surface area contributed by atoms with Gasteiger partial charge in [0.15, 0.2) is 0 Å². The van der Waals surface area contributed by atoms with E-state index < -0.39 is 11.0 Å². The quantitative estimate of drug-likeness (QED) is 0.585. The van der Waals surface area contributed by atoms with Crippen molar-refractivity contribution in [2.45, 2.75) is 26.9 Å². The second kappa shape index (κ2) is 7.81. The van der Waals surface area contributed by atoms with Gasteiger partial charge in [-0.05, 0) is 26.1 Å². The third-order valence-corrected chi connectivity index (χ3v) is 3.21. The largest absolute Gasteiger partial charge is 0.492 e. The Hall–Kier alpha value is -1.66. The summed E-state index contributed by atoms with van der Waals surface area (Å²) in [5.74, 6) is 0.498. The lowest BCUT2D eigenvalue weighted by Crippen LogP contribution is -2.28. The van der Waals surface area contributed by atoms with Crippen molar-refractivity contribution in [1.82, 2.24) is 4.90 Å². The molecule has 0 aliphatic rings. The number of non-ortho nitro benzene ring substituents is 1. The van der Waals surface area contributed by atoms with Crippen molar-refractivity contribution < 1.29 is 14.8 Å². The van der Waals surface area contributed by atoms with Crippen LogP contribution in [0.25, 0.3) is 0 Å². The predicted octanol–water partition coefficient (Wildman–Crippen LogP) is 2.37. The zero-order valence-corrected chi connectivity index (χ0v) is 12.2. The van der Waals surface area contributed by atoms with Gasteiger partial charge in [-0.25, -0.2) is 0 Å². The van der Waals surface area contributed by atoms with Crippen LogP contribution in [0, 0.1) is 10.1 Å². The molecule has 1 rings (SSSR count). The first-order valence-corrected chi connectivity index (χ1v) is 6.81. The lowest BCUT2D eigenvalue weighted by Gasteiger charge is -2.19. The Morgan fingerprint density at radius 2 is 2.05 bits per heavy atom. The normalized spacial score (nSPS) is 12.4. The molecule has 0 aliphatic carbocycles. The van der Waals surface area contributed by atoms with E-state index in [1.54, 1.807) is 13.0 Å². The van der Waals surface area contributed by atoms with E-state index in [0.29, 0.717) is 17.9 Å². The summed E-state index contributed by atoms with van der Waals surface area (Å²) < 4.78 is 5.64. The second-order valence-corrected chi connectivity index (χ2v) is 4.53. The highest BCUT2D eigenvalue weighted by atomic mass is 16.6. The summed E-state index contributed by atoms with van der Waals surface area (Å²) in [6.45, 7) is 8.89. The zero-order chi connectivity index (χ0) is 15.1. The van der Waals surface area contributed by atoms with E-state index in [0.717, 1.165) is 19.6 Å². The van der Waals surface area contributed by atoms with Gasteiger partial charge in [0.25, 0.3) is 5.69 Å². The number of nitrogens with zero attached hydrogens (tertiary/aromatic N) is 2. The maximum atomic E-state index is 10.7. The fourth-order valence-corrected chi connectivity index (χ4v) is 1.93. The molecule has 0 bridgehead atoms. The highest BCUT2D eigenvalue weighted by molar-refractivity contribution is 5.44. The van der Waals surface area contributed by atoms with Gasteiger partial charge in [-0.2, -0.15) is 0 Å². The fraction of sp³-hybridized carbons (Fsp3) is 0.571. The Morgan fingerprint density at radius 3 is 2.55 bits per heavy atom. The minimum Gasteiger partial charge on any atom is -0.492 e. The maximum Gasteiger partial charge on any atom is 0.270 e. The van der Waals surface area contributed by atoms with Crippen LogP contribution in [0.15, 0.2) is 18.2 Å². The van der Waals surface area contributed by atoms with Gasteiger partial charge in [0.2, 0.25) is 0 Å². The van der Waals surface area contributed by atoms with E-state index in [1.807, 2.05) is 0 Å². The van der Waals surface area contributed by atoms with E-state index in [2.05, 4.69) is 18.7 Å². The Bertz CT molecular complexity index is 445. The molecule has 0 heterocycles. The minimum absolute atomic E-state index is 0.0445. The highest BCUT2D eigenvalue weighted by Crippen LogP contribution is 2.29. The first-order chi connectivity index (χ1) is 9.49. The number of nitro groups is 1. The van der Waals surface area contributed by atoms with Gasteiger partial charge in [-0.1, -0.05) is 13.8 Å². The molecule has 0 radical (unpaired) electrons. The summed E-state index contributed by atoms with van der Waals surface area (Å²) in [4.78, 5) is 12.5. The van der Waals surface area contributed by atoms with Gasteiger partial charge < -0.3 is 14.7 Å². The van der Waals surface area contributed by atoms with Crippen LogP contribution in [0.1, 0.15) is 32.4 Å². The van der Waals surface area contributed by atoms with Crippen LogP contribution < -0.4 is 4.74 Å². The number of aliphatic hydroxyl groups is 1. The number of aliphatic hydroxyl groups excluding tert-OH is 1. The van der Waals surface area contributed by atoms with Crippen LogP contribution in [0.3, 0.4) is 0 Å². The van der Waals surface area contributed by atoms with Gasteiger partial charge >= 0.3 is 0 Å². The molecule has 20 heavy (non-hydrogen) atoms. The summed E-state index contributed by atoms with van der Waals surface area (Å²) in [6.07, 6.45) is -0.807. The molecule has 1 aromatic rings. The van der Waals surface area contributed by atoms with Gasteiger partial charge in [-0.3, -0.25) is 10.1 Å². The van der Waals surface area contributed by atoms with Crippen LogP contribution in [-0.4, -0.2) is 41.2 Å². The molecule has 1 atom stereocenters. The van der Waals surface area contributed by atoms with Crippen molar-refractivity contribution in [2.24, 2.45) is 0 Å². The average molecular weight is 282 g/mol. The van der Waals surface area contributed by atoms with Gasteiger partial charge in [0, 0.05) is 24.2 Å². The van der Waals surface area contributed by atoms with E-state index >= 15 is 0 Å². The molecule has 1 N–H and O–H groups in total. The number of ether oxygens (including phenoxy) is 1. The first kappa shape index (κ1) is 16.4. The molecular formula is C14H22N2O4. The fourth-order valence-electron chi connectivity index (χ4n) is 1.93. The minimum atomic E-state index is -0.807. The standard InChI is InChI=1S/C14H22N2O4/c1-4-15(5-2)8-9-20-14-7-6-12(16(18)19)10-13(14)11(3)17/h6-7,10-11,17H,4-5,8-9H2,1-3H3. The monoisotopic (exact) mass is 282 g/mol. The SMILES string of the molecule is CCN(CC)CCOc1ccc([N+](=O)[O-])cc1C(C)O. The molecule has 0 saturated heterocycles. The number of hydrogen-bond donors (Lipinski definition) is 1. The molecule has 0 amide bonds. The highest BCUT2D eigenvalue weighted by Gasteiger charge is 2.15. The molecule has 1 aromatic carbocycles. The van der Waals surface area contributed by atoms with Crippen molar-refractivity contribution in [3.05, 3.63) is 33.9 Å². The van der Waals surface area contributed by atoms with E-state index in [1.165, 1.54) is 12.1 Å². The van der Waals surface area contributed by atoms with Crippen molar-refractivity contribution >= 4 is 5.69 Å². The number of hydrogen-bond acceptors (Lipinski definition) is 5. The van der Waals surface area contributed by atoms with Crippen molar-refractivity contribution in [2.75, 3.05) is 26.2 Å². The molecule has 0 spiro atoms. The Morgan fingerprint density at radius 1 is 1.40 bits per heavy atom. The molecule has 0 saturated carbocycles. The summed E-state index contributed by atoms with van der Waals surface area (Å²) in [5.41, 5.74) is 0.399. The van der Waals surface area contributed by atoms with Crippen LogP contribution in [0.5, 0.6) is 5.75 Å². The molecule has 0 fully saturated rings. The second-order valence-electron chi connectivity index (χ2n) is 4.53. The average Bonchev–Trinajstić information content (AvgIpc) is 2.43. The third-order valence-electron chi connectivity index (χ3n) is 3.21. The Kier molecular flexibility index (Phi) is 6.41. The number of likely N-dealkylation sites (N-methyl/N-ethyl adjacent to an activating group) is 1. The van der Waals surface area contributed by atoms with Crippen molar-refractivity contribution in [3.8, 4) is 5.75 Å². The summed E-state index contributed by atoms with van der Waals surface area (Å²) in [7, 11) is 0. The third kappa shape index (κ3) is 4.47. The van der Waals surface area contributed by atoms with Gasteiger partial charge in [-0.15, -0.1) is 0 Å². The van der Waals surface area contributed by atoms with E-state index in [4.69, 9.17) is 4.74 Å². The topological polar surface area (TPSA) is 75.8 Å². The smallest absolute Gasteiger partial charge is 0.270 e. The van der Waals surface area contributed by atoms with Crippen LogP contribution in [0.2, 0.25) is 0 Å². The lowest BCUT2D eigenvalue weighted by molar-refractivity contribution is -0.385.